The Kier molecular flexibility index (Phi) is 4.34. The number of carbonyl (C=O) groups excluding carboxylic acids is 1. The Morgan fingerprint density at radius 1 is 1.23 bits per heavy atom. The lowest BCUT2D eigenvalue weighted by Crippen LogP contribution is -2.39. The first-order valence-electron chi connectivity index (χ1n) is 7.29. The first-order valence-corrected chi connectivity index (χ1v) is 7.82. The van der Waals surface area contributed by atoms with Gasteiger partial charge in [-0.05, 0) is 35.2 Å². The monoisotopic (exact) mass is 315 g/mol. The molecule has 4 heteroatoms. The van der Waals surface area contributed by atoms with Gasteiger partial charge in [0.1, 0.15) is 11.6 Å². The maximum atomic E-state index is 12.3. The first-order chi connectivity index (χ1) is 10.7. The molecular weight excluding hydrogens is 298 g/mol. The number of benzene rings is 2. The summed E-state index contributed by atoms with van der Waals surface area (Å²) in [7, 11) is 1.65. The summed E-state index contributed by atoms with van der Waals surface area (Å²) in [6.07, 6.45) is 0.798. The van der Waals surface area contributed by atoms with E-state index in [2.05, 4.69) is 18.2 Å². The zero-order chi connectivity index (χ0) is 15.5. The topological polar surface area (TPSA) is 29.5 Å². The molecule has 0 aliphatic carbocycles. The first kappa shape index (κ1) is 14.9. The summed E-state index contributed by atoms with van der Waals surface area (Å²) in [6.45, 7) is 0.567. The molecule has 1 amide bonds. The second kappa shape index (κ2) is 6.41. The predicted molar refractivity (Wildman–Crippen MR) is 87.2 cm³/mol. The number of hydrogen-bond donors (Lipinski definition) is 0. The molecule has 2 aromatic carbocycles. The van der Waals surface area contributed by atoms with Gasteiger partial charge in [0.2, 0.25) is 5.91 Å². The molecule has 1 aliphatic rings. The number of alkyl halides is 1. The van der Waals surface area contributed by atoms with Crippen molar-refractivity contribution in [3.05, 3.63) is 65.2 Å². The van der Waals surface area contributed by atoms with E-state index in [-0.39, 0.29) is 17.8 Å². The van der Waals surface area contributed by atoms with Gasteiger partial charge < -0.3 is 9.64 Å². The van der Waals surface area contributed by atoms with Gasteiger partial charge in [-0.15, -0.1) is 11.6 Å². The lowest BCUT2D eigenvalue weighted by molar-refractivity contribution is -0.132. The molecule has 2 aromatic rings. The second-order valence-electron chi connectivity index (χ2n) is 5.42. The van der Waals surface area contributed by atoms with Gasteiger partial charge in [-0.1, -0.05) is 36.4 Å². The Morgan fingerprint density at radius 3 is 2.68 bits per heavy atom. The van der Waals surface area contributed by atoms with Crippen molar-refractivity contribution in [1.82, 2.24) is 4.90 Å². The van der Waals surface area contributed by atoms with Crippen LogP contribution in [-0.2, 0) is 17.8 Å². The van der Waals surface area contributed by atoms with Crippen molar-refractivity contribution in [3.8, 4) is 5.75 Å². The maximum absolute atomic E-state index is 12.3. The minimum Gasteiger partial charge on any atom is -0.497 e. The van der Waals surface area contributed by atoms with E-state index < -0.39 is 0 Å². The summed E-state index contributed by atoms with van der Waals surface area (Å²) < 4.78 is 5.28. The van der Waals surface area contributed by atoms with Crippen LogP contribution in [0, 0.1) is 0 Å². The van der Waals surface area contributed by atoms with Crippen LogP contribution in [0.15, 0.2) is 48.5 Å². The Balaban J connectivity index is 1.99. The van der Waals surface area contributed by atoms with Crippen molar-refractivity contribution in [3.63, 3.8) is 0 Å². The third kappa shape index (κ3) is 2.81. The Morgan fingerprint density at radius 2 is 2.00 bits per heavy atom. The number of fused-ring (bicyclic) bond motifs is 1. The lowest BCUT2D eigenvalue weighted by atomic mass is 9.89. The van der Waals surface area contributed by atoms with Gasteiger partial charge in [0.05, 0.1) is 13.2 Å². The molecule has 3 nitrogen and oxygen atoms in total. The van der Waals surface area contributed by atoms with Gasteiger partial charge in [-0.3, -0.25) is 4.79 Å². The standard InChI is InChI=1S/C18H18ClNO2/c1-22-16-8-7-14-10-17(13-5-3-2-4-6-13)20(18(21)11-19)12-15(14)9-16/h2-9,17H,10-12H2,1H3. The molecule has 0 spiro atoms. The fourth-order valence-electron chi connectivity index (χ4n) is 3.00. The van der Waals surface area contributed by atoms with Gasteiger partial charge in [-0.25, -0.2) is 0 Å². The van der Waals surface area contributed by atoms with E-state index in [0.717, 1.165) is 23.3 Å². The van der Waals surface area contributed by atoms with Crippen LogP contribution in [0.25, 0.3) is 0 Å². The molecule has 0 fully saturated rings. The van der Waals surface area contributed by atoms with Crippen molar-refractivity contribution in [2.45, 2.75) is 19.0 Å². The van der Waals surface area contributed by atoms with Crippen molar-refractivity contribution in [2.75, 3.05) is 13.0 Å². The summed E-state index contributed by atoms with van der Waals surface area (Å²) >= 11 is 5.81. The Hall–Kier alpha value is -2.00. The molecule has 3 rings (SSSR count). The predicted octanol–water partition coefficient (Wildman–Crippen LogP) is 3.56. The lowest BCUT2D eigenvalue weighted by Gasteiger charge is -2.37. The van der Waals surface area contributed by atoms with Crippen LogP contribution < -0.4 is 4.74 Å². The molecule has 22 heavy (non-hydrogen) atoms. The number of hydrogen-bond acceptors (Lipinski definition) is 2. The normalized spacial score (nSPS) is 17.0. The van der Waals surface area contributed by atoms with E-state index in [4.69, 9.17) is 16.3 Å². The number of ether oxygens (including phenoxy) is 1. The van der Waals surface area contributed by atoms with Crippen molar-refractivity contribution >= 4 is 17.5 Å². The average molecular weight is 316 g/mol. The third-order valence-corrected chi connectivity index (χ3v) is 4.39. The molecule has 0 N–H and O–H groups in total. The van der Waals surface area contributed by atoms with Crippen LogP contribution in [0.4, 0.5) is 0 Å². The highest BCUT2D eigenvalue weighted by Gasteiger charge is 2.30. The average Bonchev–Trinajstić information content (AvgIpc) is 2.60. The highest BCUT2D eigenvalue weighted by Crippen LogP contribution is 2.34. The summed E-state index contributed by atoms with van der Waals surface area (Å²) in [4.78, 5) is 14.1. The highest BCUT2D eigenvalue weighted by molar-refractivity contribution is 6.27. The number of halogens is 1. The molecule has 1 unspecified atom stereocenters. The van der Waals surface area contributed by atoms with Crippen LogP contribution in [0.5, 0.6) is 5.75 Å². The summed E-state index contributed by atoms with van der Waals surface area (Å²) in [6, 6.07) is 16.2. The van der Waals surface area contributed by atoms with Crippen LogP contribution in [0.2, 0.25) is 0 Å². The zero-order valence-corrected chi connectivity index (χ0v) is 13.2. The van der Waals surface area contributed by atoms with E-state index in [1.54, 1.807) is 7.11 Å². The third-order valence-electron chi connectivity index (χ3n) is 4.16. The molecule has 0 radical (unpaired) electrons. The minimum atomic E-state index is -0.0380. The van der Waals surface area contributed by atoms with E-state index in [9.17, 15) is 4.79 Å². The number of amides is 1. The molecule has 0 bridgehead atoms. The van der Waals surface area contributed by atoms with Gasteiger partial charge in [0.15, 0.2) is 0 Å². The Bertz CT molecular complexity index is 672. The van der Waals surface area contributed by atoms with E-state index in [0.29, 0.717) is 6.54 Å². The van der Waals surface area contributed by atoms with Crippen LogP contribution in [-0.4, -0.2) is 23.8 Å². The van der Waals surface area contributed by atoms with E-state index >= 15 is 0 Å². The number of methoxy groups -OCH3 is 1. The zero-order valence-electron chi connectivity index (χ0n) is 12.5. The smallest absolute Gasteiger partial charge is 0.238 e. The molecule has 0 saturated heterocycles. The number of carbonyl (C=O) groups is 1. The highest BCUT2D eigenvalue weighted by atomic mass is 35.5. The van der Waals surface area contributed by atoms with Gasteiger partial charge >= 0.3 is 0 Å². The Labute approximate surface area is 135 Å². The molecule has 1 heterocycles. The molecule has 0 aromatic heterocycles. The van der Waals surface area contributed by atoms with Crippen LogP contribution >= 0.6 is 11.6 Å². The SMILES string of the molecule is COc1ccc2c(c1)CN(C(=O)CCl)C(c1ccccc1)C2. The second-order valence-corrected chi connectivity index (χ2v) is 5.69. The minimum absolute atomic E-state index is 0.00261. The van der Waals surface area contributed by atoms with E-state index in [1.165, 1.54) is 5.56 Å². The molecule has 1 aliphatic heterocycles. The molecule has 1 atom stereocenters. The van der Waals surface area contributed by atoms with E-state index in [1.807, 2.05) is 35.2 Å². The van der Waals surface area contributed by atoms with Crippen LogP contribution in [0.3, 0.4) is 0 Å². The fraction of sp³-hybridized carbons (Fsp3) is 0.278. The maximum Gasteiger partial charge on any atom is 0.238 e. The van der Waals surface area contributed by atoms with Gasteiger partial charge in [0.25, 0.3) is 0 Å². The van der Waals surface area contributed by atoms with Gasteiger partial charge in [0, 0.05) is 6.54 Å². The summed E-state index contributed by atoms with van der Waals surface area (Å²) in [5.74, 6) is 0.780. The van der Waals surface area contributed by atoms with Crippen molar-refractivity contribution in [2.24, 2.45) is 0 Å². The van der Waals surface area contributed by atoms with Crippen LogP contribution in [0.1, 0.15) is 22.7 Å². The van der Waals surface area contributed by atoms with Crippen molar-refractivity contribution < 1.29 is 9.53 Å². The molecular formula is C18H18ClNO2. The quantitative estimate of drug-likeness (QED) is 0.811. The van der Waals surface area contributed by atoms with Crippen molar-refractivity contribution in [1.29, 1.82) is 0 Å². The summed E-state index contributed by atoms with van der Waals surface area (Å²) in [5.41, 5.74) is 3.53. The number of nitrogens with zero attached hydrogens (tertiary/aromatic N) is 1. The molecule has 114 valence electrons. The summed E-state index contributed by atoms with van der Waals surface area (Å²) in [5, 5.41) is 0. The fourth-order valence-corrected chi connectivity index (χ4v) is 3.15. The largest absolute Gasteiger partial charge is 0.497 e. The van der Waals surface area contributed by atoms with Gasteiger partial charge in [-0.2, -0.15) is 0 Å². The molecule has 0 saturated carbocycles. The number of rotatable bonds is 3.